The Kier molecular flexibility index (Phi) is 5.66. The molecule has 2 aromatic rings. The first-order valence-electron chi connectivity index (χ1n) is 8.23. The van der Waals surface area contributed by atoms with Crippen molar-refractivity contribution in [3.8, 4) is 0 Å². The van der Waals surface area contributed by atoms with Gasteiger partial charge in [0.1, 0.15) is 5.82 Å². The fraction of sp³-hybridized carbons (Fsp3) is 0.333. The molecule has 1 aliphatic rings. The van der Waals surface area contributed by atoms with Gasteiger partial charge in [-0.2, -0.15) is 0 Å². The maximum Gasteiger partial charge on any atom is 0.321 e. The van der Waals surface area contributed by atoms with Gasteiger partial charge in [0, 0.05) is 37.9 Å². The number of rotatable bonds is 4. The van der Waals surface area contributed by atoms with Crippen molar-refractivity contribution in [2.75, 3.05) is 30.8 Å². The highest BCUT2D eigenvalue weighted by atomic mass is 35.5. The van der Waals surface area contributed by atoms with E-state index in [1.54, 1.807) is 30.1 Å². The predicted molar refractivity (Wildman–Crippen MR) is 103 cm³/mol. The second-order valence-corrected chi connectivity index (χ2v) is 6.89. The quantitative estimate of drug-likeness (QED) is 0.825. The fourth-order valence-corrected chi connectivity index (χ4v) is 2.98. The normalized spacial score (nSPS) is 12.9. The number of nitrogens with one attached hydrogen (secondary N) is 2. The maximum atomic E-state index is 12.3. The summed E-state index contributed by atoms with van der Waals surface area (Å²) in [5, 5.41) is 7.00. The zero-order valence-corrected chi connectivity index (χ0v) is 15.5. The molecule has 0 spiro atoms. The smallest absolute Gasteiger partial charge is 0.321 e. The highest BCUT2D eigenvalue weighted by Crippen LogP contribution is 2.25. The van der Waals surface area contributed by atoms with E-state index in [-0.39, 0.29) is 6.03 Å². The molecule has 1 aliphatic heterocycles. The van der Waals surface area contributed by atoms with Crippen LogP contribution >= 0.6 is 23.2 Å². The Labute approximate surface area is 157 Å². The number of likely N-dealkylation sites (N-methyl/N-ethyl adjacent to an activating group) is 1. The molecule has 3 rings (SSSR count). The molecule has 132 valence electrons. The number of aromatic nitrogens is 1. The Morgan fingerprint density at radius 2 is 2.12 bits per heavy atom. The molecule has 0 fully saturated rings. The summed E-state index contributed by atoms with van der Waals surface area (Å²) >= 11 is 11.8. The van der Waals surface area contributed by atoms with Crippen molar-refractivity contribution < 1.29 is 4.79 Å². The van der Waals surface area contributed by atoms with Gasteiger partial charge in [0.25, 0.3) is 0 Å². The SMILES string of the molecule is CN(CCc1ccc2c(n1)NCCC2)C(=O)Nc1ccc(Cl)c(Cl)c1. The lowest BCUT2D eigenvalue weighted by molar-refractivity contribution is 0.223. The van der Waals surface area contributed by atoms with Crippen LogP contribution in [0, 0.1) is 0 Å². The number of pyridine rings is 1. The Bertz CT molecular complexity index is 782. The molecular formula is C18H20Cl2N4O. The number of hydrogen-bond donors (Lipinski definition) is 2. The summed E-state index contributed by atoms with van der Waals surface area (Å²) in [6, 6.07) is 8.97. The Morgan fingerprint density at radius 3 is 2.92 bits per heavy atom. The minimum atomic E-state index is -0.200. The number of benzene rings is 1. The molecule has 0 saturated carbocycles. The van der Waals surface area contributed by atoms with E-state index in [1.807, 2.05) is 6.07 Å². The number of nitrogens with zero attached hydrogens (tertiary/aromatic N) is 2. The number of anilines is 2. The summed E-state index contributed by atoms with van der Waals surface area (Å²) < 4.78 is 0. The molecule has 0 saturated heterocycles. The summed E-state index contributed by atoms with van der Waals surface area (Å²) in [6.07, 6.45) is 2.91. The van der Waals surface area contributed by atoms with Gasteiger partial charge >= 0.3 is 6.03 Å². The van der Waals surface area contributed by atoms with Gasteiger partial charge in [-0.3, -0.25) is 0 Å². The van der Waals surface area contributed by atoms with E-state index in [4.69, 9.17) is 23.2 Å². The largest absolute Gasteiger partial charge is 0.370 e. The number of carbonyl (C=O) groups is 1. The molecule has 2 N–H and O–H groups in total. The van der Waals surface area contributed by atoms with Crippen molar-refractivity contribution in [3.63, 3.8) is 0 Å². The zero-order chi connectivity index (χ0) is 17.8. The van der Waals surface area contributed by atoms with Crippen molar-refractivity contribution in [3.05, 3.63) is 51.6 Å². The number of urea groups is 1. The number of carbonyl (C=O) groups excluding carboxylic acids is 1. The fourth-order valence-electron chi connectivity index (χ4n) is 2.68. The number of amides is 2. The van der Waals surface area contributed by atoms with E-state index in [9.17, 15) is 4.79 Å². The van der Waals surface area contributed by atoms with Crippen LogP contribution in [0.5, 0.6) is 0 Å². The van der Waals surface area contributed by atoms with Crippen LogP contribution in [0.1, 0.15) is 17.7 Å². The molecule has 0 radical (unpaired) electrons. The Balaban J connectivity index is 1.55. The molecule has 2 amide bonds. The van der Waals surface area contributed by atoms with E-state index in [1.165, 1.54) is 5.56 Å². The Hall–Kier alpha value is -1.98. The first-order chi connectivity index (χ1) is 12.0. The first-order valence-corrected chi connectivity index (χ1v) is 8.98. The van der Waals surface area contributed by atoms with Crippen LogP contribution in [0.25, 0.3) is 0 Å². The van der Waals surface area contributed by atoms with Crippen LogP contribution in [0.2, 0.25) is 10.0 Å². The molecule has 25 heavy (non-hydrogen) atoms. The molecule has 7 heteroatoms. The van der Waals surface area contributed by atoms with Gasteiger partial charge in [-0.1, -0.05) is 29.3 Å². The molecule has 0 aliphatic carbocycles. The average Bonchev–Trinajstić information content (AvgIpc) is 2.62. The van der Waals surface area contributed by atoms with Gasteiger partial charge in [0.05, 0.1) is 10.0 Å². The topological polar surface area (TPSA) is 57.3 Å². The lowest BCUT2D eigenvalue weighted by Crippen LogP contribution is -2.33. The molecule has 1 aromatic carbocycles. The van der Waals surface area contributed by atoms with Gasteiger partial charge in [-0.05, 0) is 42.7 Å². The van der Waals surface area contributed by atoms with E-state index in [2.05, 4.69) is 21.7 Å². The van der Waals surface area contributed by atoms with Crippen LogP contribution in [-0.2, 0) is 12.8 Å². The highest BCUT2D eigenvalue weighted by molar-refractivity contribution is 6.42. The summed E-state index contributed by atoms with van der Waals surface area (Å²) in [7, 11) is 1.75. The standard InChI is InChI=1S/C18H20Cl2N4O/c1-24(18(25)23-14-6-7-15(19)16(20)11-14)10-8-13-5-4-12-3-2-9-21-17(12)22-13/h4-7,11H,2-3,8-10H2,1H3,(H,21,22)(H,23,25). The summed E-state index contributed by atoms with van der Waals surface area (Å²) in [5.74, 6) is 0.978. The van der Waals surface area contributed by atoms with Crippen molar-refractivity contribution in [1.82, 2.24) is 9.88 Å². The Morgan fingerprint density at radius 1 is 1.28 bits per heavy atom. The number of halogens is 2. The summed E-state index contributed by atoms with van der Waals surface area (Å²) in [6.45, 7) is 1.54. The van der Waals surface area contributed by atoms with E-state index >= 15 is 0 Å². The highest BCUT2D eigenvalue weighted by Gasteiger charge is 2.13. The van der Waals surface area contributed by atoms with Gasteiger partial charge < -0.3 is 15.5 Å². The third-order valence-electron chi connectivity index (χ3n) is 4.17. The first kappa shape index (κ1) is 17.8. The van der Waals surface area contributed by atoms with Crippen LogP contribution in [-0.4, -0.2) is 36.1 Å². The van der Waals surface area contributed by atoms with Crippen LogP contribution in [0.15, 0.2) is 30.3 Å². The molecule has 5 nitrogen and oxygen atoms in total. The monoisotopic (exact) mass is 378 g/mol. The van der Waals surface area contributed by atoms with Gasteiger partial charge in [-0.15, -0.1) is 0 Å². The second-order valence-electron chi connectivity index (χ2n) is 6.07. The van der Waals surface area contributed by atoms with E-state index in [0.717, 1.165) is 30.9 Å². The number of fused-ring (bicyclic) bond motifs is 1. The third kappa shape index (κ3) is 4.55. The van der Waals surface area contributed by atoms with Crippen molar-refractivity contribution >= 4 is 40.7 Å². The van der Waals surface area contributed by atoms with Crippen molar-refractivity contribution in [2.45, 2.75) is 19.3 Å². The average molecular weight is 379 g/mol. The van der Waals surface area contributed by atoms with Gasteiger partial charge in [0.15, 0.2) is 0 Å². The molecule has 0 bridgehead atoms. The van der Waals surface area contributed by atoms with Crippen LogP contribution < -0.4 is 10.6 Å². The zero-order valence-electron chi connectivity index (χ0n) is 14.0. The summed E-state index contributed by atoms with van der Waals surface area (Å²) in [4.78, 5) is 18.5. The molecule has 0 atom stereocenters. The minimum absolute atomic E-state index is 0.200. The van der Waals surface area contributed by atoms with Crippen LogP contribution in [0.3, 0.4) is 0 Å². The number of hydrogen-bond acceptors (Lipinski definition) is 3. The lowest BCUT2D eigenvalue weighted by Gasteiger charge is -2.20. The van der Waals surface area contributed by atoms with E-state index < -0.39 is 0 Å². The van der Waals surface area contributed by atoms with Crippen molar-refractivity contribution in [2.24, 2.45) is 0 Å². The minimum Gasteiger partial charge on any atom is -0.370 e. The lowest BCUT2D eigenvalue weighted by atomic mass is 10.1. The predicted octanol–water partition coefficient (Wildman–Crippen LogP) is 4.45. The van der Waals surface area contributed by atoms with Gasteiger partial charge in [-0.25, -0.2) is 9.78 Å². The molecular weight excluding hydrogens is 359 g/mol. The third-order valence-corrected chi connectivity index (χ3v) is 4.91. The van der Waals surface area contributed by atoms with Crippen molar-refractivity contribution in [1.29, 1.82) is 0 Å². The van der Waals surface area contributed by atoms with Crippen LogP contribution in [0.4, 0.5) is 16.3 Å². The number of aryl methyl sites for hydroxylation is 1. The molecule has 2 heterocycles. The maximum absolute atomic E-state index is 12.3. The second kappa shape index (κ2) is 7.93. The van der Waals surface area contributed by atoms with Gasteiger partial charge in [0.2, 0.25) is 0 Å². The van der Waals surface area contributed by atoms with E-state index in [0.29, 0.717) is 28.7 Å². The molecule has 0 unspecified atom stereocenters. The summed E-state index contributed by atoms with van der Waals surface area (Å²) in [5.41, 5.74) is 2.85. The molecule has 1 aromatic heterocycles.